The third-order valence-electron chi connectivity index (χ3n) is 3.18. The number of aliphatic hydroxyl groups excluding tert-OH is 1. The van der Waals surface area contributed by atoms with E-state index in [-0.39, 0.29) is 12.5 Å². The van der Waals surface area contributed by atoms with Crippen molar-refractivity contribution in [2.75, 3.05) is 18.1 Å². The minimum Gasteiger partial charge on any atom is -0.399 e. The first-order valence-corrected chi connectivity index (χ1v) is 6.00. The normalized spacial score (nSPS) is 13.9. The van der Waals surface area contributed by atoms with E-state index in [1.165, 1.54) is 0 Å². The summed E-state index contributed by atoms with van der Waals surface area (Å²) in [6, 6.07) is 4.81. The van der Waals surface area contributed by atoms with Gasteiger partial charge in [0.05, 0.1) is 5.56 Å². The molecule has 1 atom stereocenters. The van der Waals surface area contributed by atoms with E-state index in [1.807, 2.05) is 13.8 Å². The van der Waals surface area contributed by atoms with Crippen LogP contribution in [0.2, 0.25) is 0 Å². The van der Waals surface area contributed by atoms with E-state index in [0.717, 1.165) is 6.42 Å². The molecule has 0 fully saturated rings. The number of nitrogens with two attached hydrogens (primary N) is 2. The first-order chi connectivity index (χ1) is 8.41. The molecule has 0 aromatic heterocycles. The van der Waals surface area contributed by atoms with E-state index in [2.05, 4.69) is 5.32 Å². The zero-order chi connectivity index (χ0) is 13.8. The fourth-order valence-corrected chi connectivity index (χ4v) is 1.70. The monoisotopic (exact) mass is 251 g/mol. The van der Waals surface area contributed by atoms with Crippen LogP contribution in [0.15, 0.2) is 18.2 Å². The topological polar surface area (TPSA) is 101 Å². The van der Waals surface area contributed by atoms with Crippen LogP contribution < -0.4 is 16.8 Å². The van der Waals surface area contributed by atoms with Gasteiger partial charge in [-0.05, 0) is 38.0 Å². The average molecular weight is 251 g/mol. The molecule has 0 spiro atoms. The quantitative estimate of drug-likeness (QED) is 0.589. The molecular formula is C13H21N3O2. The van der Waals surface area contributed by atoms with E-state index >= 15 is 0 Å². The van der Waals surface area contributed by atoms with Gasteiger partial charge in [-0.2, -0.15) is 0 Å². The molecule has 5 heteroatoms. The summed E-state index contributed by atoms with van der Waals surface area (Å²) < 4.78 is 0. The number of aliphatic hydroxyl groups is 1. The fraction of sp³-hybridized carbons (Fsp3) is 0.462. The highest BCUT2D eigenvalue weighted by atomic mass is 16.3. The van der Waals surface area contributed by atoms with Gasteiger partial charge in [-0.15, -0.1) is 0 Å². The highest BCUT2D eigenvalue weighted by Crippen LogP contribution is 2.19. The van der Waals surface area contributed by atoms with Gasteiger partial charge in [-0.3, -0.25) is 4.79 Å². The molecule has 1 aromatic carbocycles. The molecule has 0 heterocycles. The van der Waals surface area contributed by atoms with Crippen LogP contribution in [0.1, 0.15) is 37.0 Å². The maximum absolute atomic E-state index is 12.1. The lowest BCUT2D eigenvalue weighted by molar-refractivity contribution is 0.0887. The third-order valence-corrected chi connectivity index (χ3v) is 3.18. The minimum atomic E-state index is -0.431. The van der Waals surface area contributed by atoms with Gasteiger partial charge in [0.25, 0.3) is 5.91 Å². The van der Waals surface area contributed by atoms with Crippen molar-refractivity contribution in [3.63, 3.8) is 0 Å². The third kappa shape index (κ3) is 3.37. The molecule has 5 nitrogen and oxygen atoms in total. The van der Waals surface area contributed by atoms with E-state index in [0.29, 0.717) is 23.4 Å². The Balaban J connectivity index is 2.87. The Labute approximate surface area is 107 Å². The predicted molar refractivity (Wildman–Crippen MR) is 73.1 cm³/mol. The zero-order valence-corrected chi connectivity index (χ0v) is 10.9. The number of hydrogen-bond acceptors (Lipinski definition) is 4. The molecule has 1 aromatic rings. The molecule has 0 aliphatic carbocycles. The van der Waals surface area contributed by atoms with Crippen LogP contribution in [0.5, 0.6) is 0 Å². The van der Waals surface area contributed by atoms with Gasteiger partial charge in [0, 0.05) is 23.5 Å². The van der Waals surface area contributed by atoms with Gasteiger partial charge in [-0.25, -0.2) is 0 Å². The number of benzene rings is 1. The van der Waals surface area contributed by atoms with Crippen LogP contribution in [0.4, 0.5) is 11.4 Å². The van der Waals surface area contributed by atoms with E-state index < -0.39 is 5.54 Å². The van der Waals surface area contributed by atoms with Crippen molar-refractivity contribution in [2.24, 2.45) is 0 Å². The number of nitrogens with one attached hydrogen (secondary N) is 1. The van der Waals surface area contributed by atoms with E-state index in [1.54, 1.807) is 18.2 Å². The summed E-state index contributed by atoms with van der Waals surface area (Å²) >= 11 is 0. The van der Waals surface area contributed by atoms with Crippen molar-refractivity contribution < 1.29 is 9.90 Å². The Morgan fingerprint density at radius 3 is 2.61 bits per heavy atom. The predicted octanol–water partition coefficient (Wildman–Crippen LogP) is 1.13. The molecule has 1 unspecified atom stereocenters. The first kappa shape index (κ1) is 14.3. The second kappa shape index (κ2) is 5.73. The molecule has 0 saturated heterocycles. The van der Waals surface area contributed by atoms with Crippen LogP contribution in [0, 0.1) is 0 Å². The highest BCUT2D eigenvalue weighted by molar-refractivity contribution is 6.00. The standard InChI is InChI=1S/C13H21N3O2/c1-3-13(2,6-7-17)16-12(18)10-5-4-9(14)8-11(10)15/h4-5,8,17H,3,6-7,14-15H2,1-2H3,(H,16,18). The largest absolute Gasteiger partial charge is 0.399 e. The van der Waals surface area contributed by atoms with Crippen molar-refractivity contribution in [1.29, 1.82) is 0 Å². The lowest BCUT2D eigenvalue weighted by atomic mass is 9.94. The lowest BCUT2D eigenvalue weighted by Gasteiger charge is -2.29. The van der Waals surface area contributed by atoms with Gasteiger partial charge >= 0.3 is 0 Å². The Hall–Kier alpha value is -1.75. The first-order valence-electron chi connectivity index (χ1n) is 6.00. The number of amides is 1. The number of hydrogen-bond donors (Lipinski definition) is 4. The highest BCUT2D eigenvalue weighted by Gasteiger charge is 2.24. The molecule has 0 saturated carbocycles. The fourth-order valence-electron chi connectivity index (χ4n) is 1.70. The SMILES string of the molecule is CCC(C)(CCO)NC(=O)c1ccc(N)cc1N. The molecule has 6 N–H and O–H groups in total. The molecule has 18 heavy (non-hydrogen) atoms. The van der Waals surface area contributed by atoms with Crippen molar-refractivity contribution in [1.82, 2.24) is 5.32 Å². The van der Waals surface area contributed by atoms with Gasteiger partial charge in [0.2, 0.25) is 0 Å². The van der Waals surface area contributed by atoms with E-state index in [9.17, 15) is 4.79 Å². The van der Waals surface area contributed by atoms with Gasteiger partial charge < -0.3 is 21.9 Å². The molecule has 0 radical (unpaired) electrons. The summed E-state index contributed by atoms with van der Waals surface area (Å²) in [7, 11) is 0. The summed E-state index contributed by atoms with van der Waals surface area (Å²) in [6.45, 7) is 3.89. The van der Waals surface area contributed by atoms with Crippen molar-refractivity contribution in [2.45, 2.75) is 32.2 Å². The summed E-state index contributed by atoms with van der Waals surface area (Å²) in [5.74, 6) is -0.245. The smallest absolute Gasteiger partial charge is 0.253 e. The maximum atomic E-state index is 12.1. The molecule has 1 amide bonds. The average Bonchev–Trinajstić information content (AvgIpc) is 2.28. The van der Waals surface area contributed by atoms with Crippen LogP contribution in [0.25, 0.3) is 0 Å². The summed E-state index contributed by atoms with van der Waals surface area (Å²) in [5.41, 5.74) is 12.2. The summed E-state index contributed by atoms with van der Waals surface area (Å²) in [5, 5.41) is 11.9. The second-order valence-electron chi connectivity index (χ2n) is 4.69. The Kier molecular flexibility index (Phi) is 4.55. The number of anilines is 2. The Morgan fingerprint density at radius 1 is 1.44 bits per heavy atom. The molecule has 100 valence electrons. The van der Waals surface area contributed by atoms with Gasteiger partial charge in [0.1, 0.15) is 0 Å². The van der Waals surface area contributed by atoms with Crippen LogP contribution in [-0.4, -0.2) is 23.2 Å². The van der Waals surface area contributed by atoms with Crippen LogP contribution >= 0.6 is 0 Å². The molecule has 0 bridgehead atoms. The number of rotatable bonds is 5. The second-order valence-corrected chi connectivity index (χ2v) is 4.69. The van der Waals surface area contributed by atoms with Crippen molar-refractivity contribution >= 4 is 17.3 Å². The number of carbonyl (C=O) groups is 1. The van der Waals surface area contributed by atoms with Crippen molar-refractivity contribution in [3.05, 3.63) is 23.8 Å². The summed E-state index contributed by atoms with van der Waals surface area (Å²) in [6.07, 6.45) is 1.23. The molecule has 0 aliphatic rings. The molecule has 0 aliphatic heterocycles. The lowest BCUT2D eigenvalue weighted by Crippen LogP contribution is -2.46. The Bertz CT molecular complexity index is 434. The maximum Gasteiger partial charge on any atom is 0.253 e. The zero-order valence-electron chi connectivity index (χ0n) is 10.9. The minimum absolute atomic E-state index is 0.0296. The van der Waals surface area contributed by atoms with Crippen LogP contribution in [0.3, 0.4) is 0 Å². The molecular weight excluding hydrogens is 230 g/mol. The number of carbonyl (C=O) groups excluding carboxylic acids is 1. The summed E-state index contributed by atoms with van der Waals surface area (Å²) in [4.78, 5) is 12.1. The van der Waals surface area contributed by atoms with E-state index in [4.69, 9.17) is 16.6 Å². The van der Waals surface area contributed by atoms with Gasteiger partial charge in [0.15, 0.2) is 0 Å². The van der Waals surface area contributed by atoms with Crippen molar-refractivity contribution in [3.8, 4) is 0 Å². The Morgan fingerprint density at radius 2 is 2.11 bits per heavy atom. The van der Waals surface area contributed by atoms with Crippen LogP contribution in [-0.2, 0) is 0 Å². The van der Waals surface area contributed by atoms with Gasteiger partial charge in [-0.1, -0.05) is 6.92 Å². The number of nitrogen functional groups attached to an aromatic ring is 2. The molecule has 1 rings (SSSR count).